The lowest BCUT2D eigenvalue weighted by Gasteiger charge is -2.65. The van der Waals surface area contributed by atoms with Crippen LogP contribution in [0.25, 0.3) is 0 Å². The molecule has 1 saturated heterocycles. The summed E-state index contributed by atoms with van der Waals surface area (Å²) in [6.45, 7) is 12.9. The maximum Gasteiger partial charge on any atom is 0.338 e. The molecule has 13 heteroatoms. The van der Waals surface area contributed by atoms with E-state index >= 15 is 0 Å². The minimum Gasteiger partial charge on any atom is -0.460 e. The van der Waals surface area contributed by atoms with Gasteiger partial charge in [-0.05, 0) is 75.3 Å². The first-order valence-corrected chi connectivity index (χ1v) is 19.5. The summed E-state index contributed by atoms with van der Waals surface area (Å²) in [6.07, 6.45) is -8.82. The summed E-state index contributed by atoms with van der Waals surface area (Å²) in [5.41, 5.74) is -4.03. The summed E-state index contributed by atoms with van der Waals surface area (Å²) in [5.74, 6) is -7.02. The average molecular weight is 791 g/mol. The largest absolute Gasteiger partial charge is 0.460 e. The predicted molar refractivity (Wildman–Crippen MR) is 203 cm³/mol. The number of hydrogen-bond donors (Lipinski definition) is 3. The number of hydrogen-bond acceptors (Lipinski definition) is 13. The molecular formula is C44H54O13. The monoisotopic (exact) mass is 790 g/mol. The van der Waals surface area contributed by atoms with Crippen molar-refractivity contribution >= 4 is 29.7 Å². The number of Topliss-reactive ketones (excluding diaryl/α,β-unsaturated/α-hetero) is 1. The number of carbonyl (C=O) groups is 5. The fraction of sp³-hybridized carbons (Fsp3) is 0.568. The molecule has 2 aromatic rings. The minimum atomic E-state index is -1.84. The van der Waals surface area contributed by atoms with Gasteiger partial charge in [-0.15, -0.1) is 0 Å². The Hall–Kier alpha value is -4.43. The molecule has 1 heterocycles. The Morgan fingerprint density at radius 3 is 2.11 bits per heavy atom. The second kappa shape index (κ2) is 15.4. The summed E-state index contributed by atoms with van der Waals surface area (Å²) in [7, 11) is 0. The molecule has 0 aromatic heterocycles. The zero-order valence-electron chi connectivity index (χ0n) is 33.7. The minimum absolute atomic E-state index is 0.0269. The fourth-order valence-corrected chi connectivity index (χ4v) is 9.90. The Morgan fingerprint density at radius 1 is 0.930 bits per heavy atom. The van der Waals surface area contributed by atoms with E-state index in [0.29, 0.717) is 11.1 Å². The van der Waals surface area contributed by atoms with Gasteiger partial charge >= 0.3 is 23.9 Å². The lowest BCUT2D eigenvalue weighted by Crippen LogP contribution is -2.79. The van der Waals surface area contributed by atoms with Crippen molar-refractivity contribution in [3.63, 3.8) is 0 Å². The lowest BCUT2D eigenvalue weighted by atomic mass is 9.46. The molecule has 2 bridgehead atoms. The number of rotatable bonds is 9. The third-order valence-corrected chi connectivity index (χ3v) is 12.6. The Balaban J connectivity index is 1.45. The van der Waals surface area contributed by atoms with Crippen LogP contribution in [-0.4, -0.2) is 99.4 Å². The van der Waals surface area contributed by atoms with Gasteiger partial charge in [0.2, 0.25) is 0 Å². The van der Waals surface area contributed by atoms with Crippen LogP contribution in [0.5, 0.6) is 0 Å². The molecule has 13 nitrogen and oxygen atoms in total. The molecule has 2 unspecified atom stereocenters. The molecule has 3 aliphatic carbocycles. The molecule has 2 aromatic carbocycles. The Kier molecular flexibility index (Phi) is 11.4. The highest BCUT2D eigenvalue weighted by molar-refractivity contribution is 5.94. The summed E-state index contributed by atoms with van der Waals surface area (Å²) in [5, 5.41) is 35.7. The first-order valence-electron chi connectivity index (χ1n) is 19.5. The van der Waals surface area contributed by atoms with Crippen molar-refractivity contribution in [2.75, 3.05) is 6.61 Å². The van der Waals surface area contributed by atoms with Gasteiger partial charge < -0.3 is 39.0 Å². The van der Waals surface area contributed by atoms with E-state index in [1.54, 1.807) is 102 Å². The second-order valence-electron chi connectivity index (χ2n) is 17.7. The zero-order valence-corrected chi connectivity index (χ0v) is 33.7. The van der Waals surface area contributed by atoms with Crippen molar-refractivity contribution in [2.45, 2.75) is 128 Å². The summed E-state index contributed by atoms with van der Waals surface area (Å²) in [4.78, 5) is 69.0. The SMILES string of the molecule is CC(=O)OC12COC1C[C@@H](O)[C@]1(C)C(=O)[C@@H](O)C3=C(C)[C@H](OC(=O)[C@@H](O)[C@H](CC(=O)OC(C)(C)C)c4ccccc4)C[C@@H]([C@H](OC(=O)c4ccccc4)[C@@H]21)C3(C)C. The van der Waals surface area contributed by atoms with Gasteiger partial charge in [0.15, 0.2) is 17.5 Å². The highest BCUT2D eigenvalue weighted by Crippen LogP contribution is 2.63. The maximum atomic E-state index is 14.9. The molecule has 11 atom stereocenters. The number of esters is 4. The number of ether oxygens (including phenoxy) is 5. The number of fused-ring (bicyclic) bond motifs is 5. The van der Waals surface area contributed by atoms with Crippen LogP contribution in [0.15, 0.2) is 71.8 Å². The van der Waals surface area contributed by atoms with E-state index in [2.05, 4.69) is 0 Å². The van der Waals surface area contributed by atoms with E-state index in [1.165, 1.54) is 13.8 Å². The molecule has 0 spiro atoms. The topological polar surface area (TPSA) is 192 Å². The van der Waals surface area contributed by atoms with Gasteiger partial charge in [-0.1, -0.05) is 62.4 Å². The van der Waals surface area contributed by atoms with Gasteiger partial charge in [0, 0.05) is 25.2 Å². The van der Waals surface area contributed by atoms with Crippen molar-refractivity contribution in [3.8, 4) is 0 Å². The molecule has 2 saturated carbocycles. The number of ketones is 1. The van der Waals surface area contributed by atoms with Crippen LogP contribution >= 0.6 is 0 Å². The highest BCUT2D eigenvalue weighted by atomic mass is 16.6. The Morgan fingerprint density at radius 2 is 1.54 bits per heavy atom. The van der Waals surface area contributed by atoms with E-state index in [1.807, 2.05) is 0 Å². The van der Waals surface area contributed by atoms with Crippen molar-refractivity contribution < 1.29 is 63.0 Å². The summed E-state index contributed by atoms with van der Waals surface area (Å²) < 4.78 is 30.1. The van der Waals surface area contributed by atoms with Crippen LogP contribution in [0, 0.1) is 22.7 Å². The van der Waals surface area contributed by atoms with Gasteiger partial charge in [-0.2, -0.15) is 0 Å². The van der Waals surface area contributed by atoms with E-state index < -0.39 is 106 Å². The standard InChI is InChI=1S/C44H54O13/c1-23-29(54-40(52)34(48)27(25-15-11-9-12-16-25)19-32(47)57-41(3,4)5)20-28-36(55-39(51)26-17-13-10-14-18-26)37-43(8,38(50)35(49)33(23)42(28,6)7)30(46)21-31-44(37,22-53-31)56-24(2)45/h9-18,27-31,34-37,46,48-49H,19-22H2,1-8H3/t27-,28+,29-,30-,31?,34+,35+,36+,37-,43+,44?/m1/s1. The van der Waals surface area contributed by atoms with Gasteiger partial charge in [0.25, 0.3) is 0 Å². The molecular weight excluding hydrogens is 736 g/mol. The average Bonchev–Trinajstić information content (AvgIpc) is 3.13. The van der Waals surface area contributed by atoms with Crippen molar-refractivity contribution in [3.05, 3.63) is 82.9 Å². The fourth-order valence-electron chi connectivity index (χ4n) is 9.90. The number of benzene rings is 2. The number of carbonyl (C=O) groups excluding carboxylic acids is 5. The maximum absolute atomic E-state index is 14.9. The molecule has 308 valence electrons. The molecule has 0 amide bonds. The first-order chi connectivity index (χ1) is 26.6. The smallest absolute Gasteiger partial charge is 0.338 e. The van der Waals surface area contributed by atoms with E-state index in [4.69, 9.17) is 23.7 Å². The first kappa shape index (κ1) is 42.2. The van der Waals surface area contributed by atoms with Crippen LogP contribution in [0.1, 0.15) is 96.5 Å². The molecule has 0 radical (unpaired) electrons. The van der Waals surface area contributed by atoms with Crippen LogP contribution in [0.2, 0.25) is 0 Å². The van der Waals surface area contributed by atoms with E-state index in [0.717, 1.165) is 0 Å². The third-order valence-electron chi connectivity index (χ3n) is 12.6. The third kappa shape index (κ3) is 7.55. The number of aliphatic hydroxyl groups is 3. The van der Waals surface area contributed by atoms with E-state index in [-0.39, 0.29) is 37.0 Å². The predicted octanol–water partition coefficient (Wildman–Crippen LogP) is 4.39. The molecule has 4 aliphatic rings. The van der Waals surface area contributed by atoms with Gasteiger partial charge in [0.1, 0.15) is 30.0 Å². The van der Waals surface area contributed by atoms with Crippen molar-refractivity contribution in [1.82, 2.24) is 0 Å². The van der Waals surface area contributed by atoms with Crippen LogP contribution in [0.3, 0.4) is 0 Å². The Labute approximate surface area is 332 Å². The summed E-state index contributed by atoms with van der Waals surface area (Å²) in [6, 6.07) is 16.8. The molecule has 3 N–H and O–H groups in total. The van der Waals surface area contributed by atoms with Crippen molar-refractivity contribution in [1.29, 1.82) is 0 Å². The number of aliphatic hydroxyl groups excluding tert-OH is 3. The van der Waals surface area contributed by atoms with E-state index in [9.17, 15) is 39.3 Å². The van der Waals surface area contributed by atoms with Gasteiger partial charge in [-0.25, -0.2) is 9.59 Å². The van der Waals surface area contributed by atoms with Crippen LogP contribution in [0.4, 0.5) is 0 Å². The van der Waals surface area contributed by atoms with Gasteiger partial charge in [-0.3, -0.25) is 14.4 Å². The zero-order chi connectivity index (χ0) is 41.8. The Bertz CT molecular complexity index is 1920. The van der Waals surface area contributed by atoms with Crippen LogP contribution in [-0.2, 0) is 42.9 Å². The highest BCUT2D eigenvalue weighted by Gasteiger charge is 2.75. The molecule has 1 aliphatic heterocycles. The summed E-state index contributed by atoms with van der Waals surface area (Å²) >= 11 is 0. The van der Waals surface area contributed by atoms with Crippen LogP contribution < -0.4 is 0 Å². The quantitative estimate of drug-likeness (QED) is 0.184. The molecule has 3 fully saturated rings. The second-order valence-corrected chi connectivity index (χ2v) is 17.7. The van der Waals surface area contributed by atoms with Crippen molar-refractivity contribution in [2.24, 2.45) is 22.7 Å². The normalized spacial score (nSPS) is 32.8. The molecule has 57 heavy (non-hydrogen) atoms. The lowest BCUT2D eigenvalue weighted by molar-refractivity contribution is -0.335. The molecule has 6 rings (SSSR count). The van der Waals surface area contributed by atoms with Gasteiger partial charge in [0.05, 0.1) is 36.0 Å².